The highest BCUT2D eigenvalue weighted by atomic mass is 32.1. The molecule has 0 aliphatic carbocycles. The van der Waals surface area contributed by atoms with E-state index in [4.69, 9.17) is 9.52 Å². The lowest BCUT2D eigenvalue weighted by atomic mass is 10.2. The lowest BCUT2D eigenvalue weighted by Crippen LogP contribution is -2.38. The van der Waals surface area contributed by atoms with E-state index in [9.17, 15) is 9.59 Å². The normalized spacial score (nSPS) is 10.8. The lowest BCUT2D eigenvalue weighted by Gasteiger charge is -2.25. The SMILES string of the molecule is CC(C)N(CCc1nccs1)C(=O)c1cc(C(=O)O)co1. The van der Waals surface area contributed by atoms with Crippen LogP contribution in [0.2, 0.25) is 0 Å². The Morgan fingerprint density at radius 3 is 2.76 bits per heavy atom. The molecule has 7 heteroatoms. The third-order valence-corrected chi connectivity index (χ3v) is 3.83. The van der Waals surface area contributed by atoms with Crippen LogP contribution in [0.1, 0.15) is 39.8 Å². The van der Waals surface area contributed by atoms with E-state index in [1.54, 1.807) is 22.4 Å². The summed E-state index contributed by atoms with van der Waals surface area (Å²) in [5, 5.41) is 11.7. The van der Waals surface area contributed by atoms with E-state index in [-0.39, 0.29) is 23.3 Å². The number of nitrogens with zero attached hydrogens (tertiary/aromatic N) is 2. The van der Waals surface area contributed by atoms with Gasteiger partial charge in [0.05, 0.1) is 10.6 Å². The van der Waals surface area contributed by atoms with E-state index in [1.165, 1.54) is 6.07 Å². The predicted octanol–water partition coefficient (Wildman–Crippen LogP) is 2.53. The number of rotatable bonds is 6. The van der Waals surface area contributed by atoms with Crippen LogP contribution < -0.4 is 0 Å². The molecule has 1 N–H and O–H groups in total. The van der Waals surface area contributed by atoms with E-state index >= 15 is 0 Å². The van der Waals surface area contributed by atoms with Gasteiger partial charge in [0.2, 0.25) is 0 Å². The van der Waals surface area contributed by atoms with Crippen LogP contribution in [0.4, 0.5) is 0 Å². The van der Waals surface area contributed by atoms with Crippen molar-refractivity contribution in [3.63, 3.8) is 0 Å². The fourth-order valence-electron chi connectivity index (χ4n) is 1.89. The van der Waals surface area contributed by atoms with Gasteiger partial charge in [-0.25, -0.2) is 9.78 Å². The highest BCUT2D eigenvalue weighted by Crippen LogP contribution is 2.14. The van der Waals surface area contributed by atoms with Crippen molar-refractivity contribution >= 4 is 23.2 Å². The summed E-state index contributed by atoms with van der Waals surface area (Å²) in [5.41, 5.74) is -0.0259. The number of hydrogen-bond acceptors (Lipinski definition) is 5. The van der Waals surface area contributed by atoms with Crippen molar-refractivity contribution < 1.29 is 19.1 Å². The van der Waals surface area contributed by atoms with Crippen LogP contribution in [0.15, 0.2) is 28.3 Å². The molecule has 2 aromatic heterocycles. The molecule has 1 amide bonds. The molecule has 0 bridgehead atoms. The topological polar surface area (TPSA) is 83.6 Å². The standard InChI is InChI=1S/C14H16N2O4S/c1-9(2)16(5-3-12-15-4-6-21-12)13(17)11-7-10(8-20-11)14(18)19/h4,6-9H,3,5H2,1-2H3,(H,18,19). The van der Waals surface area contributed by atoms with Gasteiger partial charge < -0.3 is 14.4 Å². The van der Waals surface area contributed by atoms with Crippen LogP contribution in [0.5, 0.6) is 0 Å². The molecule has 0 atom stereocenters. The van der Waals surface area contributed by atoms with Gasteiger partial charge in [-0.15, -0.1) is 11.3 Å². The first kappa shape index (κ1) is 15.2. The number of carbonyl (C=O) groups excluding carboxylic acids is 1. The molecule has 0 spiro atoms. The molecule has 2 rings (SSSR count). The molecular formula is C14H16N2O4S. The Kier molecular flexibility index (Phi) is 4.74. The van der Waals surface area contributed by atoms with E-state index < -0.39 is 5.97 Å². The van der Waals surface area contributed by atoms with Crippen LogP contribution in [0.25, 0.3) is 0 Å². The fourth-order valence-corrected chi connectivity index (χ4v) is 2.50. The molecule has 2 heterocycles. The highest BCUT2D eigenvalue weighted by Gasteiger charge is 2.23. The summed E-state index contributed by atoms with van der Waals surface area (Å²) in [4.78, 5) is 29.1. The second-order valence-electron chi connectivity index (χ2n) is 4.77. The number of amides is 1. The van der Waals surface area contributed by atoms with Crippen molar-refractivity contribution in [2.24, 2.45) is 0 Å². The molecule has 21 heavy (non-hydrogen) atoms. The van der Waals surface area contributed by atoms with Crippen LogP contribution in [0, 0.1) is 0 Å². The van der Waals surface area contributed by atoms with Gasteiger partial charge in [-0.1, -0.05) is 0 Å². The molecule has 0 saturated heterocycles. The van der Waals surface area contributed by atoms with Crippen LogP contribution in [-0.4, -0.2) is 39.5 Å². The first-order valence-electron chi connectivity index (χ1n) is 6.50. The van der Waals surface area contributed by atoms with Crippen LogP contribution >= 0.6 is 11.3 Å². The minimum Gasteiger partial charge on any atom is -0.478 e. The maximum Gasteiger partial charge on any atom is 0.338 e. The summed E-state index contributed by atoms with van der Waals surface area (Å²) in [5.74, 6) is -1.38. The molecular weight excluding hydrogens is 292 g/mol. The van der Waals surface area contributed by atoms with Gasteiger partial charge in [0.25, 0.3) is 5.91 Å². The number of carboxylic acids is 1. The number of carboxylic acid groups (broad SMARTS) is 1. The molecule has 0 saturated carbocycles. The third kappa shape index (κ3) is 3.69. The number of furan rings is 1. The van der Waals surface area contributed by atoms with Crippen molar-refractivity contribution in [1.82, 2.24) is 9.88 Å². The maximum atomic E-state index is 12.4. The average Bonchev–Trinajstić information content (AvgIpc) is 3.09. The molecule has 0 aliphatic rings. The lowest BCUT2D eigenvalue weighted by molar-refractivity contribution is 0.0672. The Hall–Kier alpha value is -2.15. The first-order chi connectivity index (χ1) is 9.99. The van der Waals surface area contributed by atoms with Gasteiger partial charge in [0.15, 0.2) is 5.76 Å². The average molecular weight is 308 g/mol. The van der Waals surface area contributed by atoms with Crippen molar-refractivity contribution in [2.45, 2.75) is 26.3 Å². The molecule has 0 radical (unpaired) electrons. The number of hydrogen-bond donors (Lipinski definition) is 1. The summed E-state index contributed by atoms with van der Waals surface area (Å²) >= 11 is 1.54. The van der Waals surface area contributed by atoms with E-state index in [0.717, 1.165) is 11.3 Å². The van der Waals surface area contributed by atoms with Crippen molar-refractivity contribution in [3.05, 3.63) is 40.2 Å². The molecule has 0 aliphatic heterocycles. The highest BCUT2D eigenvalue weighted by molar-refractivity contribution is 7.09. The van der Waals surface area contributed by atoms with Crippen molar-refractivity contribution in [2.75, 3.05) is 6.54 Å². The monoisotopic (exact) mass is 308 g/mol. The molecule has 6 nitrogen and oxygen atoms in total. The van der Waals surface area contributed by atoms with Crippen LogP contribution in [-0.2, 0) is 6.42 Å². The number of aromatic carboxylic acids is 1. The third-order valence-electron chi connectivity index (χ3n) is 2.99. The van der Waals surface area contributed by atoms with Gasteiger partial charge in [0.1, 0.15) is 6.26 Å². The zero-order valence-corrected chi connectivity index (χ0v) is 12.6. The van der Waals surface area contributed by atoms with E-state index in [2.05, 4.69) is 4.98 Å². The smallest absolute Gasteiger partial charge is 0.338 e. The summed E-state index contributed by atoms with van der Waals surface area (Å²) in [6.45, 7) is 4.31. The van der Waals surface area contributed by atoms with Crippen molar-refractivity contribution in [3.8, 4) is 0 Å². The second-order valence-corrected chi connectivity index (χ2v) is 5.75. The zero-order valence-electron chi connectivity index (χ0n) is 11.8. The Labute approximate surface area is 126 Å². The minimum absolute atomic E-state index is 0.0177. The molecule has 2 aromatic rings. The van der Waals surface area contributed by atoms with Crippen molar-refractivity contribution in [1.29, 1.82) is 0 Å². The summed E-state index contributed by atoms with van der Waals surface area (Å²) in [6.07, 6.45) is 3.47. The zero-order chi connectivity index (χ0) is 15.4. The minimum atomic E-state index is -1.11. The molecule has 0 aromatic carbocycles. The van der Waals surface area contributed by atoms with Gasteiger partial charge in [-0.2, -0.15) is 0 Å². The molecule has 0 fully saturated rings. The number of carbonyl (C=O) groups is 2. The second kappa shape index (κ2) is 6.53. The Morgan fingerprint density at radius 2 is 2.24 bits per heavy atom. The fraction of sp³-hybridized carbons (Fsp3) is 0.357. The number of aromatic nitrogens is 1. The Bertz CT molecular complexity index is 619. The van der Waals surface area contributed by atoms with E-state index in [0.29, 0.717) is 13.0 Å². The van der Waals surface area contributed by atoms with Crippen LogP contribution in [0.3, 0.4) is 0 Å². The van der Waals surface area contributed by atoms with Gasteiger partial charge in [-0.3, -0.25) is 4.79 Å². The summed E-state index contributed by atoms with van der Waals surface area (Å²) in [6, 6.07) is 1.24. The van der Waals surface area contributed by atoms with Gasteiger partial charge >= 0.3 is 5.97 Å². The first-order valence-corrected chi connectivity index (χ1v) is 7.38. The number of thiazole rings is 1. The molecule has 0 unspecified atom stereocenters. The van der Waals surface area contributed by atoms with Gasteiger partial charge in [-0.05, 0) is 13.8 Å². The predicted molar refractivity (Wildman–Crippen MR) is 77.7 cm³/mol. The van der Waals surface area contributed by atoms with Gasteiger partial charge in [0, 0.05) is 36.7 Å². The summed E-state index contributed by atoms with van der Waals surface area (Å²) < 4.78 is 5.07. The summed E-state index contributed by atoms with van der Waals surface area (Å²) in [7, 11) is 0. The quantitative estimate of drug-likeness (QED) is 0.886. The molecule has 112 valence electrons. The Balaban J connectivity index is 2.09. The Morgan fingerprint density at radius 1 is 1.48 bits per heavy atom. The van der Waals surface area contributed by atoms with E-state index in [1.807, 2.05) is 19.2 Å². The largest absolute Gasteiger partial charge is 0.478 e. The maximum absolute atomic E-state index is 12.4.